The number of aryl methyl sites for hydroxylation is 1. The van der Waals surface area contributed by atoms with Gasteiger partial charge in [0.1, 0.15) is 0 Å². The van der Waals surface area contributed by atoms with Gasteiger partial charge in [0.2, 0.25) is 0 Å². The van der Waals surface area contributed by atoms with Crippen LogP contribution in [0, 0.1) is 0 Å². The Morgan fingerprint density at radius 2 is 1.83 bits per heavy atom. The third-order valence-electron chi connectivity index (χ3n) is 2.85. The first kappa shape index (κ1) is 12.7. The zero-order chi connectivity index (χ0) is 12.5. The number of aromatic nitrogens is 2. The van der Waals surface area contributed by atoms with Crippen LogP contribution in [0.4, 0.5) is 0 Å². The van der Waals surface area contributed by atoms with E-state index < -0.39 is 0 Å². The zero-order valence-corrected chi connectivity index (χ0v) is 10.5. The Bertz CT molecular complexity index is 385. The minimum Gasteiger partial charge on any atom is -0.311 e. The van der Waals surface area contributed by atoms with Crippen molar-refractivity contribution in [3.63, 3.8) is 0 Å². The second-order valence-corrected chi connectivity index (χ2v) is 4.33. The molecule has 3 nitrogen and oxygen atoms in total. The largest absolute Gasteiger partial charge is 0.311 e. The molecular formula is C15H19N3. The summed E-state index contributed by atoms with van der Waals surface area (Å²) >= 11 is 0. The number of unbranched alkanes of at least 4 members (excludes halogenated alkanes) is 1. The highest BCUT2D eigenvalue weighted by Gasteiger charge is 1.94. The van der Waals surface area contributed by atoms with Gasteiger partial charge < -0.3 is 5.32 Å². The van der Waals surface area contributed by atoms with E-state index >= 15 is 0 Å². The van der Waals surface area contributed by atoms with E-state index in [0.29, 0.717) is 0 Å². The highest BCUT2D eigenvalue weighted by molar-refractivity contribution is 5.14. The van der Waals surface area contributed by atoms with Crippen molar-refractivity contribution in [1.82, 2.24) is 15.5 Å². The lowest BCUT2D eigenvalue weighted by molar-refractivity contribution is 0.612. The van der Waals surface area contributed by atoms with E-state index in [-0.39, 0.29) is 0 Å². The lowest BCUT2D eigenvalue weighted by Crippen LogP contribution is -2.15. The van der Waals surface area contributed by atoms with E-state index in [0.717, 1.165) is 25.2 Å². The maximum atomic E-state index is 4.03. The summed E-state index contributed by atoms with van der Waals surface area (Å²) in [4.78, 5) is 0. The van der Waals surface area contributed by atoms with Crippen LogP contribution in [0.5, 0.6) is 0 Å². The normalized spacial score (nSPS) is 10.4. The Hall–Kier alpha value is -1.74. The van der Waals surface area contributed by atoms with E-state index in [2.05, 4.69) is 45.8 Å². The molecule has 2 aromatic rings. The SMILES string of the molecule is c1ccc(CCCCNCc2cccnn2)cc1. The first-order valence-electron chi connectivity index (χ1n) is 6.46. The number of hydrogen-bond acceptors (Lipinski definition) is 3. The standard InChI is InChI=1S/C15H19N3/c1-2-7-14(8-3-1)9-4-5-11-16-13-15-10-6-12-17-18-15/h1-3,6-8,10,12,16H,4-5,9,11,13H2. The molecule has 1 heterocycles. The summed E-state index contributed by atoms with van der Waals surface area (Å²) < 4.78 is 0. The number of benzene rings is 1. The van der Waals surface area contributed by atoms with Gasteiger partial charge in [-0.2, -0.15) is 10.2 Å². The van der Waals surface area contributed by atoms with Crippen LogP contribution in [0.3, 0.4) is 0 Å². The molecule has 0 spiro atoms. The van der Waals surface area contributed by atoms with Crippen molar-refractivity contribution in [2.45, 2.75) is 25.8 Å². The average Bonchev–Trinajstić information content (AvgIpc) is 2.45. The van der Waals surface area contributed by atoms with E-state index in [1.54, 1.807) is 6.20 Å². The number of hydrogen-bond donors (Lipinski definition) is 1. The summed E-state index contributed by atoms with van der Waals surface area (Å²) in [6.45, 7) is 1.84. The molecule has 1 N–H and O–H groups in total. The molecule has 3 heteroatoms. The van der Waals surface area contributed by atoms with Crippen LogP contribution in [0.25, 0.3) is 0 Å². The minimum atomic E-state index is 0.805. The van der Waals surface area contributed by atoms with Gasteiger partial charge in [0, 0.05) is 12.7 Å². The summed E-state index contributed by atoms with van der Waals surface area (Å²) in [5.41, 5.74) is 2.42. The molecule has 0 amide bonds. The molecule has 0 bridgehead atoms. The Balaban J connectivity index is 1.54. The molecule has 0 fully saturated rings. The molecule has 0 radical (unpaired) electrons. The predicted octanol–water partition coefficient (Wildman–Crippen LogP) is 2.59. The number of nitrogens with one attached hydrogen (secondary N) is 1. The predicted molar refractivity (Wildman–Crippen MR) is 73.1 cm³/mol. The van der Waals surface area contributed by atoms with Crippen molar-refractivity contribution in [2.75, 3.05) is 6.54 Å². The molecule has 18 heavy (non-hydrogen) atoms. The van der Waals surface area contributed by atoms with Gasteiger partial charge in [-0.25, -0.2) is 0 Å². The van der Waals surface area contributed by atoms with Gasteiger partial charge in [-0.05, 0) is 43.5 Å². The van der Waals surface area contributed by atoms with Crippen LogP contribution in [0.1, 0.15) is 24.1 Å². The number of nitrogens with zero attached hydrogens (tertiary/aromatic N) is 2. The van der Waals surface area contributed by atoms with E-state index in [4.69, 9.17) is 0 Å². The lowest BCUT2D eigenvalue weighted by atomic mass is 10.1. The topological polar surface area (TPSA) is 37.8 Å². The quantitative estimate of drug-likeness (QED) is 0.757. The van der Waals surface area contributed by atoms with Crippen molar-refractivity contribution in [2.24, 2.45) is 0 Å². The summed E-state index contributed by atoms with van der Waals surface area (Å²) in [5, 5.41) is 11.3. The van der Waals surface area contributed by atoms with Gasteiger partial charge in [-0.3, -0.25) is 0 Å². The van der Waals surface area contributed by atoms with Crippen molar-refractivity contribution < 1.29 is 0 Å². The first-order chi connectivity index (χ1) is 8.95. The molecule has 0 aliphatic rings. The fraction of sp³-hybridized carbons (Fsp3) is 0.333. The Labute approximate surface area is 108 Å². The molecule has 1 aromatic carbocycles. The van der Waals surface area contributed by atoms with E-state index in [1.807, 2.05) is 12.1 Å². The highest BCUT2D eigenvalue weighted by Crippen LogP contribution is 2.03. The first-order valence-corrected chi connectivity index (χ1v) is 6.46. The summed E-state index contributed by atoms with van der Waals surface area (Å²) in [7, 11) is 0. The Morgan fingerprint density at radius 1 is 0.944 bits per heavy atom. The molecule has 0 unspecified atom stereocenters. The average molecular weight is 241 g/mol. The maximum absolute atomic E-state index is 4.03. The van der Waals surface area contributed by atoms with Crippen molar-refractivity contribution >= 4 is 0 Å². The third-order valence-corrected chi connectivity index (χ3v) is 2.85. The molecule has 1 aromatic heterocycles. The second kappa shape index (κ2) is 7.56. The maximum Gasteiger partial charge on any atom is 0.0768 e. The van der Waals surface area contributed by atoms with Crippen molar-refractivity contribution in [1.29, 1.82) is 0 Å². The van der Waals surface area contributed by atoms with Crippen LogP contribution in [0.15, 0.2) is 48.7 Å². The van der Waals surface area contributed by atoms with Crippen LogP contribution in [0.2, 0.25) is 0 Å². The molecule has 0 saturated heterocycles. The molecule has 0 atom stereocenters. The van der Waals surface area contributed by atoms with E-state index in [9.17, 15) is 0 Å². The molecule has 0 aliphatic heterocycles. The van der Waals surface area contributed by atoms with E-state index in [1.165, 1.54) is 18.4 Å². The van der Waals surface area contributed by atoms with Gasteiger partial charge in [0.15, 0.2) is 0 Å². The van der Waals surface area contributed by atoms with Gasteiger partial charge in [-0.15, -0.1) is 0 Å². The van der Waals surface area contributed by atoms with Crippen molar-refractivity contribution in [3.8, 4) is 0 Å². The van der Waals surface area contributed by atoms with Gasteiger partial charge in [0.05, 0.1) is 5.69 Å². The van der Waals surface area contributed by atoms with Crippen LogP contribution >= 0.6 is 0 Å². The van der Waals surface area contributed by atoms with Gasteiger partial charge >= 0.3 is 0 Å². The molecule has 0 aliphatic carbocycles. The van der Waals surface area contributed by atoms with Crippen LogP contribution in [-0.2, 0) is 13.0 Å². The van der Waals surface area contributed by atoms with Crippen LogP contribution in [-0.4, -0.2) is 16.7 Å². The van der Waals surface area contributed by atoms with Crippen LogP contribution < -0.4 is 5.32 Å². The van der Waals surface area contributed by atoms with Crippen molar-refractivity contribution in [3.05, 3.63) is 59.9 Å². The highest BCUT2D eigenvalue weighted by atomic mass is 15.1. The Kier molecular flexibility index (Phi) is 5.34. The van der Waals surface area contributed by atoms with Gasteiger partial charge in [0.25, 0.3) is 0 Å². The summed E-state index contributed by atoms with van der Waals surface area (Å²) in [5.74, 6) is 0. The molecule has 2 rings (SSSR count). The Morgan fingerprint density at radius 3 is 2.61 bits per heavy atom. The zero-order valence-electron chi connectivity index (χ0n) is 10.5. The fourth-order valence-electron chi connectivity index (χ4n) is 1.87. The smallest absolute Gasteiger partial charge is 0.0768 e. The monoisotopic (exact) mass is 241 g/mol. The van der Waals surface area contributed by atoms with Gasteiger partial charge in [-0.1, -0.05) is 30.3 Å². The second-order valence-electron chi connectivity index (χ2n) is 4.33. The molecular weight excluding hydrogens is 222 g/mol. The fourth-order valence-corrected chi connectivity index (χ4v) is 1.87. The summed E-state index contributed by atoms with van der Waals surface area (Å²) in [6.07, 6.45) is 5.27. The molecule has 0 saturated carbocycles. The minimum absolute atomic E-state index is 0.805. The number of rotatable bonds is 7. The lowest BCUT2D eigenvalue weighted by Gasteiger charge is -2.04. The molecule has 94 valence electrons. The summed E-state index contributed by atoms with van der Waals surface area (Å²) in [6, 6.07) is 14.5. The third kappa shape index (κ3) is 4.63.